The normalized spacial score (nSPS) is 17.2. The third kappa shape index (κ3) is 2.79. The van der Waals surface area contributed by atoms with Crippen LogP contribution in [0.15, 0.2) is 21.1 Å². The van der Waals surface area contributed by atoms with E-state index in [0.717, 1.165) is 21.2 Å². The zero-order chi connectivity index (χ0) is 11.8. The van der Waals surface area contributed by atoms with Gasteiger partial charge in [-0.2, -0.15) is 0 Å². The van der Waals surface area contributed by atoms with E-state index >= 15 is 0 Å². The first-order valence-corrected chi connectivity index (χ1v) is 6.90. The fraction of sp³-hybridized carbons (Fsp3) is 0.500. The Bertz CT molecular complexity index is 402. The fourth-order valence-electron chi connectivity index (χ4n) is 1.65. The second-order valence-corrected chi connectivity index (χ2v) is 6.26. The van der Waals surface area contributed by atoms with Crippen LogP contribution in [0.1, 0.15) is 25.3 Å². The molecule has 1 aliphatic rings. The van der Waals surface area contributed by atoms with Crippen molar-refractivity contribution in [2.24, 2.45) is 0 Å². The summed E-state index contributed by atoms with van der Waals surface area (Å²) < 4.78 is 7.46. The van der Waals surface area contributed by atoms with Crippen LogP contribution < -0.4 is 10.1 Å². The minimum Gasteiger partial charge on any atom is -0.495 e. The maximum Gasteiger partial charge on any atom is 0.137 e. The van der Waals surface area contributed by atoms with Crippen LogP contribution in [-0.4, -0.2) is 12.6 Å². The number of benzene rings is 1. The molecular weight excluding hydrogens is 334 g/mol. The SMILES string of the molecule is COc1c(Br)cc(Br)cc1CNC1(C)CC1. The van der Waals surface area contributed by atoms with Gasteiger partial charge in [-0.25, -0.2) is 0 Å². The molecule has 1 saturated carbocycles. The highest BCUT2D eigenvalue weighted by Gasteiger charge is 2.36. The number of halogens is 2. The molecule has 0 aliphatic heterocycles. The number of hydrogen-bond donors (Lipinski definition) is 1. The predicted octanol–water partition coefficient (Wildman–Crippen LogP) is 3.86. The van der Waals surface area contributed by atoms with E-state index in [0.29, 0.717) is 5.54 Å². The molecule has 0 unspecified atom stereocenters. The summed E-state index contributed by atoms with van der Waals surface area (Å²) in [6, 6.07) is 4.10. The molecule has 0 aromatic heterocycles. The molecule has 0 spiro atoms. The van der Waals surface area contributed by atoms with Gasteiger partial charge in [0.05, 0.1) is 11.6 Å². The Hall–Kier alpha value is -0.0600. The summed E-state index contributed by atoms with van der Waals surface area (Å²) in [6.07, 6.45) is 2.54. The van der Waals surface area contributed by atoms with Gasteiger partial charge in [-0.15, -0.1) is 0 Å². The second-order valence-electron chi connectivity index (χ2n) is 4.49. The van der Waals surface area contributed by atoms with Crippen LogP contribution in [-0.2, 0) is 6.54 Å². The van der Waals surface area contributed by atoms with Gasteiger partial charge in [0, 0.05) is 22.1 Å². The van der Waals surface area contributed by atoms with Crippen molar-refractivity contribution in [1.82, 2.24) is 5.32 Å². The molecule has 0 amide bonds. The molecule has 0 atom stereocenters. The number of rotatable bonds is 4. The van der Waals surface area contributed by atoms with Crippen molar-refractivity contribution in [1.29, 1.82) is 0 Å². The van der Waals surface area contributed by atoms with E-state index in [1.807, 2.05) is 6.07 Å². The molecule has 0 radical (unpaired) electrons. The summed E-state index contributed by atoms with van der Waals surface area (Å²) in [5, 5.41) is 3.56. The van der Waals surface area contributed by atoms with Gasteiger partial charge in [-0.3, -0.25) is 0 Å². The molecular formula is C12H15Br2NO. The standard InChI is InChI=1S/C12H15Br2NO/c1-12(3-4-12)15-7-8-5-9(13)6-10(14)11(8)16-2/h5-6,15H,3-4,7H2,1-2H3. The molecule has 1 aromatic rings. The molecule has 4 heteroatoms. The molecule has 88 valence electrons. The lowest BCUT2D eigenvalue weighted by Crippen LogP contribution is -2.27. The molecule has 16 heavy (non-hydrogen) atoms. The summed E-state index contributed by atoms with van der Waals surface area (Å²) in [5.74, 6) is 0.917. The molecule has 0 heterocycles. The van der Waals surface area contributed by atoms with E-state index in [1.165, 1.54) is 18.4 Å². The smallest absolute Gasteiger partial charge is 0.137 e. The van der Waals surface area contributed by atoms with Gasteiger partial charge in [-0.1, -0.05) is 15.9 Å². The third-order valence-corrected chi connectivity index (χ3v) is 4.04. The summed E-state index contributed by atoms with van der Waals surface area (Å²) in [7, 11) is 1.70. The number of methoxy groups -OCH3 is 1. The van der Waals surface area contributed by atoms with Crippen molar-refractivity contribution in [3.63, 3.8) is 0 Å². The maximum atomic E-state index is 5.41. The highest BCUT2D eigenvalue weighted by atomic mass is 79.9. The Labute approximate surface area is 113 Å². The van der Waals surface area contributed by atoms with E-state index in [9.17, 15) is 0 Å². The van der Waals surface area contributed by atoms with Crippen LogP contribution in [0.2, 0.25) is 0 Å². The molecule has 2 rings (SSSR count). The molecule has 1 fully saturated rings. The van der Waals surface area contributed by atoms with Crippen LogP contribution in [0.25, 0.3) is 0 Å². The van der Waals surface area contributed by atoms with Crippen LogP contribution in [0.4, 0.5) is 0 Å². The zero-order valence-corrected chi connectivity index (χ0v) is 12.6. The van der Waals surface area contributed by atoms with Crippen molar-refractivity contribution in [3.05, 3.63) is 26.6 Å². The molecule has 0 saturated heterocycles. The predicted molar refractivity (Wildman–Crippen MR) is 72.9 cm³/mol. The van der Waals surface area contributed by atoms with Gasteiger partial charge in [0.25, 0.3) is 0 Å². The van der Waals surface area contributed by atoms with Gasteiger partial charge in [0.2, 0.25) is 0 Å². The Kier molecular flexibility index (Phi) is 3.62. The van der Waals surface area contributed by atoms with Crippen molar-refractivity contribution in [2.45, 2.75) is 31.8 Å². The first-order chi connectivity index (χ1) is 7.54. The third-order valence-electron chi connectivity index (χ3n) is 3.00. The summed E-state index contributed by atoms with van der Waals surface area (Å²) in [4.78, 5) is 0. The lowest BCUT2D eigenvalue weighted by atomic mass is 10.2. The Balaban J connectivity index is 2.17. The van der Waals surface area contributed by atoms with Gasteiger partial charge in [-0.05, 0) is 47.8 Å². The first-order valence-electron chi connectivity index (χ1n) is 5.31. The topological polar surface area (TPSA) is 21.3 Å². The minimum atomic E-state index is 0.347. The van der Waals surface area contributed by atoms with E-state index in [-0.39, 0.29) is 0 Å². The summed E-state index contributed by atoms with van der Waals surface area (Å²) in [5.41, 5.74) is 1.52. The van der Waals surface area contributed by atoms with Crippen molar-refractivity contribution >= 4 is 31.9 Å². The Morgan fingerprint density at radius 3 is 2.62 bits per heavy atom. The van der Waals surface area contributed by atoms with E-state index in [4.69, 9.17) is 4.74 Å². The quantitative estimate of drug-likeness (QED) is 0.891. The van der Waals surface area contributed by atoms with E-state index in [1.54, 1.807) is 7.11 Å². The molecule has 0 bridgehead atoms. The highest BCUT2D eigenvalue weighted by Crippen LogP contribution is 2.37. The average Bonchev–Trinajstić information content (AvgIpc) is 2.94. The Morgan fingerprint density at radius 1 is 1.38 bits per heavy atom. The average molecular weight is 349 g/mol. The molecule has 2 nitrogen and oxygen atoms in total. The summed E-state index contributed by atoms with van der Waals surface area (Å²) >= 11 is 7.01. The molecule has 1 aromatic carbocycles. The molecule has 1 aliphatic carbocycles. The van der Waals surface area contributed by atoms with Crippen LogP contribution in [0.3, 0.4) is 0 Å². The van der Waals surface area contributed by atoms with Gasteiger partial charge >= 0.3 is 0 Å². The van der Waals surface area contributed by atoms with Crippen molar-refractivity contribution in [2.75, 3.05) is 7.11 Å². The van der Waals surface area contributed by atoms with Crippen LogP contribution >= 0.6 is 31.9 Å². The summed E-state index contributed by atoms with van der Waals surface area (Å²) in [6.45, 7) is 3.10. The zero-order valence-electron chi connectivity index (χ0n) is 9.44. The monoisotopic (exact) mass is 347 g/mol. The lowest BCUT2D eigenvalue weighted by molar-refractivity contribution is 0.402. The number of hydrogen-bond acceptors (Lipinski definition) is 2. The van der Waals surface area contributed by atoms with Gasteiger partial charge in [0.1, 0.15) is 5.75 Å². The number of nitrogens with one attached hydrogen (secondary N) is 1. The van der Waals surface area contributed by atoms with E-state index in [2.05, 4.69) is 50.2 Å². The fourth-order valence-corrected chi connectivity index (χ4v) is 3.12. The van der Waals surface area contributed by atoms with Crippen molar-refractivity contribution in [3.8, 4) is 5.75 Å². The van der Waals surface area contributed by atoms with E-state index < -0.39 is 0 Å². The maximum absolute atomic E-state index is 5.41. The van der Waals surface area contributed by atoms with Crippen molar-refractivity contribution < 1.29 is 4.74 Å². The van der Waals surface area contributed by atoms with Crippen LogP contribution in [0, 0.1) is 0 Å². The van der Waals surface area contributed by atoms with Gasteiger partial charge in [0.15, 0.2) is 0 Å². The number of ether oxygens (including phenoxy) is 1. The minimum absolute atomic E-state index is 0.347. The second kappa shape index (κ2) is 4.67. The Morgan fingerprint density at radius 2 is 2.06 bits per heavy atom. The molecule has 1 N–H and O–H groups in total. The first kappa shape index (κ1) is 12.4. The lowest BCUT2D eigenvalue weighted by Gasteiger charge is -2.15. The van der Waals surface area contributed by atoms with Crippen LogP contribution in [0.5, 0.6) is 5.75 Å². The largest absolute Gasteiger partial charge is 0.495 e. The van der Waals surface area contributed by atoms with Gasteiger partial charge < -0.3 is 10.1 Å². The highest BCUT2D eigenvalue weighted by molar-refractivity contribution is 9.11.